The van der Waals surface area contributed by atoms with Gasteiger partial charge in [-0.3, -0.25) is 9.36 Å². The van der Waals surface area contributed by atoms with Crippen molar-refractivity contribution in [3.63, 3.8) is 0 Å². The van der Waals surface area contributed by atoms with E-state index in [0.717, 1.165) is 24.2 Å². The first kappa shape index (κ1) is 18.5. The van der Waals surface area contributed by atoms with Crippen LogP contribution in [0.2, 0.25) is 0 Å². The van der Waals surface area contributed by atoms with Crippen LogP contribution in [0.15, 0.2) is 51.7 Å². The quantitative estimate of drug-likeness (QED) is 0.708. The third-order valence-corrected chi connectivity index (χ3v) is 5.12. The Morgan fingerprint density at radius 1 is 1.29 bits per heavy atom. The summed E-state index contributed by atoms with van der Waals surface area (Å²) in [4.78, 5) is 27.1. The predicted molar refractivity (Wildman–Crippen MR) is 109 cm³/mol. The van der Waals surface area contributed by atoms with E-state index in [0.29, 0.717) is 29.9 Å². The van der Waals surface area contributed by atoms with Gasteiger partial charge < -0.3 is 20.0 Å². The predicted octanol–water partition coefficient (Wildman–Crippen LogP) is 1.98. The maximum atomic E-state index is 12.9. The van der Waals surface area contributed by atoms with Crippen molar-refractivity contribution in [2.75, 3.05) is 32.5 Å². The molecule has 0 aliphatic carbocycles. The number of carbonyl (C=O) groups excluding carboxylic acids is 1. The average Bonchev–Trinajstić information content (AvgIpc) is 3.00. The summed E-state index contributed by atoms with van der Waals surface area (Å²) in [6, 6.07) is 13.3. The molecule has 7 heteroatoms. The lowest BCUT2D eigenvalue weighted by atomic mass is 9.90. The molecule has 2 N–H and O–H groups in total. The molecular weight excluding hydrogens is 356 g/mol. The van der Waals surface area contributed by atoms with E-state index < -0.39 is 0 Å². The number of nitrogens with one attached hydrogen (secondary N) is 2. The zero-order chi connectivity index (χ0) is 19.7. The summed E-state index contributed by atoms with van der Waals surface area (Å²) in [6.45, 7) is 2.62. The third kappa shape index (κ3) is 3.58. The van der Waals surface area contributed by atoms with Crippen LogP contribution in [0.3, 0.4) is 0 Å². The zero-order valence-corrected chi connectivity index (χ0v) is 16.1. The summed E-state index contributed by atoms with van der Waals surface area (Å²) in [5, 5.41) is 6.30. The number of hydrogen-bond acceptors (Lipinski definition) is 5. The molecule has 7 nitrogen and oxygen atoms in total. The maximum absolute atomic E-state index is 12.9. The Hall–Kier alpha value is -2.90. The Bertz CT molecular complexity index is 1070. The van der Waals surface area contributed by atoms with Gasteiger partial charge in [-0.05, 0) is 43.4 Å². The van der Waals surface area contributed by atoms with E-state index in [4.69, 9.17) is 4.42 Å². The van der Waals surface area contributed by atoms with E-state index in [1.54, 1.807) is 22.8 Å². The summed E-state index contributed by atoms with van der Waals surface area (Å²) >= 11 is 0. The smallest absolute Gasteiger partial charge is 0.408 e. The number of nitrogens with zero attached hydrogens (tertiary/aromatic N) is 2. The molecule has 4 rings (SSSR count). The highest BCUT2D eigenvalue weighted by Gasteiger charge is 2.26. The number of oxazole rings is 1. The Kier molecular flexibility index (Phi) is 5.02. The molecule has 0 bridgehead atoms. The fraction of sp³-hybridized carbons (Fsp3) is 0.333. The second-order valence-corrected chi connectivity index (χ2v) is 7.38. The molecule has 3 aromatic rings. The van der Waals surface area contributed by atoms with Crippen molar-refractivity contribution in [3.05, 3.63) is 64.1 Å². The van der Waals surface area contributed by atoms with Crippen LogP contribution >= 0.6 is 0 Å². The van der Waals surface area contributed by atoms with Crippen LogP contribution in [-0.4, -0.2) is 42.6 Å². The normalized spacial score (nSPS) is 16.3. The van der Waals surface area contributed by atoms with Crippen LogP contribution in [0.4, 0.5) is 5.69 Å². The van der Waals surface area contributed by atoms with Crippen LogP contribution in [-0.2, 0) is 17.9 Å². The fourth-order valence-electron chi connectivity index (χ4n) is 3.61. The number of likely N-dealkylation sites (N-methyl/N-ethyl adjacent to an activating group) is 1. The van der Waals surface area contributed by atoms with Crippen LogP contribution < -0.4 is 16.4 Å². The molecule has 0 radical (unpaired) electrons. The Labute approximate surface area is 162 Å². The molecule has 0 fully saturated rings. The van der Waals surface area contributed by atoms with Gasteiger partial charge in [-0.15, -0.1) is 0 Å². The number of fused-ring (bicyclic) bond motifs is 2. The summed E-state index contributed by atoms with van der Waals surface area (Å²) < 4.78 is 6.92. The van der Waals surface area contributed by atoms with Gasteiger partial charge in [-0.1, -0.05) is 24.3 Å². The molecule has 1 aliphatic rings. The Balaban J connectivity index is 1.59. The van der Waals surface area contributed by atoms with Gasteiger partial charge in [-0.25, -0.2) is 4.79 Å². The average molecular weight is 380 g/mol. The molecule has 1 atom stereocenters. The Morgan fingerprint density at radius 3 is 2.93 bits per heavy atom. The van der Waals surface area contributed by atoms with Gasteiger partial charge in [0.25, 0.3) is 0 Å². The van der Waals surface area contributed by atoms with Crippen molar-refractivity contribution >= 4 is 22.7 Å². The number of carbonyl (C=O) groups is 1. The van der Waals surface area contributed by atoms with E-state index in [1.165, 1.54) is 0 Å². The molecule has 146 valence electrons. The number of hydrogen-bond donors (Lipinski definition) is 2. The molecule has 1 aromatic heterocycles. The van der Waals surface area contributed by atoms with Gasteiger partial charge in [0, 0.05) is 31.9 Å². The van der Waals surface area contributed by atoms with Crippen molar-refractivity contribution in [1.82, 2.24) is 14.8 Å². The van der Waals surface area contributed by atoms with E-state index in [9.17, 15) is 9.59 Å². The summed E-state index contributed by atoms with van der Waals surface area (Å²) in [5.41, 5.74) is 4.07. The molecule has 0 spiro atoms. The van der Waals surface area contributed by atoms with Crippen LogP contribution in [0.1, 0.15) is 17.0 Å². The maximum Gasteiger partial charge on any atom is 0.419 e. The molecule has 1 aliphatic heterocycles. The SMILES string of the molecule is CN(C)CCn1c(=O)oc2ccc(NC(=O)C3CNCc4ccccc43)cc21. The molecule has 1 amide bonds. The molecule has 2 heterocycles. The van der Waals surface area contributed by atoms with E-state index in [-0.39, 0.29) is 17.6 Å². The van der Waals surface area contributed by atoms with Gasteiger partial charge >= 0.3 is 5.76 Å². The van der Waals surface area contributed by atoms with Crippen molar-refractivity contribution in [2.24, 2.45) is 0 Å². The first-order chi connectivity index (χ1) is 13.5. The summed E-state index contributed by atoms with van der Waals surface area (Å²) in [7, 11) is 3.91. The van der Waals surface area contributed by atoms with E-state index in [1.807, 2.05) is 43.3 Å². The van der Waals surface area contributed by atoms with Crippen molar-refractivity contribution in [3.8, 4) is 0 Å². The number of rotatable bonds is 5. The largest absolute Gasteiger partial charge is 0.419 e. The van der Waals surface area contributed by atoms with Crippen LogP contribution in [0.5, 0.6) is 0 Å². The lowest BCUT2D eigenvalue weighted by molar-refractivity contribution is -0.117. The van der Waals surface area contributed by atoms with Gasteiger partial charge in [-0.2, -0.15) is 0 Å². The minimum atomic E-state index is -0.384. The molecule has 0 saturated heterocycles. The van der Waals surface area contributed by atoms with Crippen LogP contribution in [0, 0.1) is 0 Å². The minimum Gasteiger partial charge on any atom is -0.408 e. The monoisotopic (exact) mass is 380 g/mol. The van der Waals surface area contributed by atoms with Crippen molar-refractivity contribution in [1.29, 1.82) is 0 Å². The first-order valence-electron chi connectivity index (χ1n) is 9.40. The lowest BCUT2D eigenvalue weighted by Gasteiger charge is -2.25. The van der Waals surface area contributed by atoms with Crippen molar-refractivity contribution in [2.45, 2.75) is 19.0 Å². The third-order valence-electron chi connectivity index (χ3n) is 5.12. The number of benzene rings is 2. The zero-order valence-electron chi connectivity index (χ0n) is 16.1. The van der Waals surface area contributed by atoms with Crippen molar-refractivity contribution < 1.29 is 9.21 Å². The van der Waals surface area contributed by atoms with Gasteiger partial charge in [0.1, 0.15) is 0 Å². The molecule has 1 unspecified atom stereocenters. The van der Waals surface area contributed by atoms with E-state index >= 15 is 0 Å². The number of aromatic nitrogens is 1. The second-order valence-electron chi connectivity index (χ2n) is 7.38. The Morgan fingerprint density at radius 2 is 2.11 bits per heavy atom. The molecule has 2 aromatic carbocycles. The topological polar surface area (TPSA) is 79.5 Å². The molecular formula is C21H24N4O3. The fourth-order valence-corrected chi connectivity index (χ4v) is 3.61. The van der Waals surface area contributed by atoms with Gasteiger partial charge in [0.05, 0.1) is 11.4 Å². The summed E-state index contributed by atoms with van der Waals surface area (Å²) in [6.07, 6.45) is 0. The van der Waals surface area contributed by atoms with Gasteiger partial charge in [0.2, 0.25) is 5.91 Å². The van der Waals surface area contributed by atoms with Crippen LogP contribution in [0.25, 0.3) is 11.1 Å². The highest BCUT2D eigenvalue weighted by atomic mass is 16.4. The highest BCUT2D eigenvalue weighted by molar-refractivity contribution is 5.97. The first-order valence-corrected chi connectivity index (χ1v) is 9.40. The lowest BCUT2D eigenvalue weighted by Crippen LogP contribution is -2.35. The standard InChI is InChI=1S/C21H24N4O3/c1-24(2)9-10-25-18-11-15(7-8-19(18)28-21(25)27)23-20(26)17-13-22-12-14-5-3-4-6-16(14)17/h3-8,11,17,22H,9-10,12-13H2,1-2H3,(H,23,26). The number of amides is 1. The number of anilines is 1. The second kappa shape index (κ2) is 7.61. The van der Waals surface area contributed by atoms with Gasteiger partial charge in [0.15, 0.2) is 5.58 Å². The molecule has 0 saturated carbocycles. The highest BCUT2D eigenvalue weighted by Crippen LogP contribution is 2.26. The summed E-state index contributed by atoms with van der Waals surface area (Å²) in [5.74, 6) is -0.698. The van der Waals surface area contributed by atoms with E-state index in [2.05, 4.69) is 10.6 Å². The minimum absolute atomic E-state index is 0.0651. The molecule has 28 heavy (non-hydrogen) atoms.